The largest absolute Gasteiger partial charge is 0.252 e. The first kappa shape index (κ1) is 34.3. The van der Waals surface area contributed by atoms with Gasteiger partial charge in [0.25, 0.3) is 0 Å². The number of hydrogen-bond acceptors (Lipinski definition) is 2. The maximum Gasteiger partial charge on any atom is 0.0636 e. The van der Waals surface area contributed by atoms with E-state index in [1.54, 1.807) is 0 Å². The summed E-state index contributed by atoms with van der Waals surface area (Å²) in [5, 5.41) is 0. The molecule has 0 aromatic heterocycles. The Morgan fingerprint density at radius 2 is 0.868 bits per heavy atom. The zero-order valence-corrected chi connectivity index (χ0v) is 26.3. The maximum atomic E-state index is 5.32. The van der Waals surface area contributed by atoms with Crippen molar-refractivity contribution < 1.29 is 16.5 Å². The van der Waals surface area contributed by atoms with Crippen LogP contribution in [0.15, 0.2) is 46.4 Å². The minimum atomic E-state index is 0. The Morgan fingerprint density at radius 3 is 1.26 bits per heavy atom. The first-order valence-electron chi connectivity index (χ1n) is 15.5. The molecule has 0 bridgehead atoms. The molecule has 38 heavy (non-hydrogen) atoms. The molecule has 0 amide bonds. The Balaban J connectivity index is 0.00000722. The molecule has 0 aliphatic rings. The van der Waals surface area contributed by atoms with Crippen LogP contribution in [-0.4, -0.2) is 11.4 Å². The van der Waals surface area contributed by atoms with E-state index in [2.05, 4.69) is 77.9 Å². The van der Waals surface area contributed by atoms with Crippen molar-refractivity contribution in [3.8, 4) is 0 Å². The number of nitrogens with zero attached hydrogens (tertiary/aromatic N) is 2. The summed E-state index contributed by atoms with van der Waals surface area (Å²) >= 11 is 0. The van der Waals surface area contributed by atoms with Gasteiger partial charge in [0.1, 0.15) is 0 Å². The van der Waals surface area contributed by atoms with Gasteiger partial charge in [0.15, 0.2) is 0 Å². The van der Waals surface area contributed by atoms with Crippen molar-refractivity contribution in [1.29, 1.82) is 0 Å². The molecule has 2 aromatic rings. The molecule has 0 atom stereocenters. The number of unbranched alkanes of at least 4 members (excludes halogenated alkanes) is 3. The molecule has 2 aromatic carbocycles. The van der Waals surface area contributed by atoms with E-state index in [1.165, 1.54) is 85.0 Å². The average molecular weight is 562 g/mol. The summed E-state index contributed by atoms with van der Waals surface area (Å²) in [4.78, 5) is 10.6. The van der Waals surface area contributed by atoms with Gasteiger partial charge >= 0.3 is 0 Å². The van der Waals surface area contributed by atoms with Crippen molar-refractivity contribution in [2.75, 3.05) is 0 Å². The van der Waals surface area contributed by atoms with E-state index in [9.17, 15) is 0 Å². The van der Waals surface area contributed by atoms with Crippen LogP contribution in [0.4, 0.5) is 11.4 Å². The van der Waals surface area contributed by atoms with E-state index in [-0.39, 0.29) is 16.5 Å². The van der Waals surface area contributed by atoms with Crippen molar-refractivity contribution in [1.82, 2.24) is 0 Å². The van der Waals surface area contributed by atoms with Crippen LogP contribution in [0.5, 0.6) is 0 Å². The fourth-order valence-corrected chi connectivity index (χ4v) is 5.12. The second-order valence-corrected chi connectivity index (χ2v) is 10.6. The number of rotatable bonds is 18. The molecule has 0 spiro atoms. The number of aliphatic imine (C=N–C) groups is 2. The van der Waals surface area contributed by atoms with E-state index in [1.807, 2.05) is 0 Å². The van der Waals surface area contributed by atoms with Gasteiger partial charge in [-0.1, -0.05) is 98.6 Å². The maximum absolute atomic E-state index is 5.32. The molecule has 0 heterocycles. The van der Waals surface area contributed by atoms with Crippen LogP contribution in [0.1, 0.15) is 134 Å². The molecule has 3 heteroatoms. The van der Waals surface area contributed by atoms with Gasteiger partial charge in [-0.05, 0) is 97.9 Å². The molecular weight excluding hydrogens is 507 g/mol. The Hall–Kier alpha value is -1.73. The van der Waals surface area contributed by atoms with E-state index in [0.29, 0.717) is 0 Å². The summed E-state index contributed by atoms with van der Waals surface area (Å²) in [5.74, 6) is 0. The van der Waals surface area contributed by atoms with Gasteiger partial charge in [0, 0.05) is 16.5 Å². The SMILES string of the molecule is CCCCCC(=N\c1ccc(CCC)c(CCC)c1)/C(CCCC)=N/c1ccc(CCC)c(CCC)c1.[Ni]. The van der Waals surface area contributed by atoms with Crippen molar-refractivity contribution >= 4 is 22.8 Å². The third-order valence-electron chi connectivity index (χ3n) is 7.10. The number of hydrogen-bond donors (Lipinski definition) is 0. The second kappa shape index (κ2) is 20.2. The van der Waals surface area contributed by atoms with Crippen LogP contribution in [0, 0.1) is 0 Å². The van der Waals surface area contributed by atoms with Crippen LogP contribution < -0.4 is 0 Å². The fourth-order valence-electron chi connectivity index (χ4n) is 5.12. The van der Waals surface area contributed by atoms with Gasteiger partial charge in [-0.25, -0.2) is 0 Å². The number of benzene rings is 2. The zero-order chi connectivity index (χ0) is 26.9. The minimum Gasteiger partial charge on any atom is -0.252 e. The van der Waals surface area contributed by atoms with Crippen LogP contribution in [0.25, 0.3) is 0 Å². The van der Waals surface area contributed by atoms with E-state index >= 15 is 0 Å². The summed E-state index contributed by atoms with van der Waals surface area (Å²) < 4.78 is 0. The predicted molar refractivity (Wildman–Crippen MR) is 167 cm³/mol. The monoisotopic (exact) mass is 560 g/mol. The normalized spacial score (nSPS) is 12.1. The van der Waals surface area contributed by atoms with Gasteiger partial charge in [0.2, 0.25) is 0 Å². The van der Waals surface area contributed by atoms with Gasteiger partial charge in [-0.2, -0.15) is 0 Å². The van der Waals surface area contributed by atoms with E-state index in [4.69, 9.17) is 9.98 Å². The molecule has 0 aliphatic carbocycles. The van der Waals surface area contributed by atoms with Crippen molar-refractivity contribution in [2.24, 2.45) is 9.98 Å². The van der Waals surface area contributed by atoms with Crippen molar-refractivity contribution in [3.05, 3.63) is 58.7 Å². The Morgan fingerprint density at radius 1 is 0.474 bits per heavy atom. The van der Waals surface area contributed by atoms with Crippen LogP contribution >= 0.6 is 0 Å². The van der Waals surface area contributed by atoms with Crippen LogP contribution in [0.3, 0.4) is 0 Å². The topological polar surface area (TPSA) is 24.7 Å². The summed E-state index contributed by atoms with van der Waals surface area (Å²) in [7, 11) is 0. The summed E-state index contributed by atoms with van der Waals surface area (Å²) in [6.45, 7) is 13.6. The molecule has 0 N–H and O–H groups in total. The van der Waals surface area contributed by atoms with E-state index < -0.39 is 0 Å². The summed E-state index contributed by atoms with van der Waals surface area (Å²) in [6, 6.07) is 13.8. The molecule has 2 rings (SSSR count). The number of aryl methyl sites for hydroxylation is 4. The molecule has 0 unspecified atom stereocenters. The molecule has 0 radical (unpaired) electrons. The zero-order valence-electron chi connectivity index (χ0n) is 25.3. The minimum absolute atomic E-state index is 0. The molecular formula is C35H54N2Ni. The van der Waals surface area contributed by atoms with Crippen LogP contribution in [-0.2, 0) is 42.2 Å². The van der Waals surface area contributed by atoms with Crippen molar-refractivity contribution in [3.63, 3.8) is 0 Å². The molecule has 0 fully saturated rings. The predicted octanol–water partition coefficient (Wildman–Crippen LogP) is 11.1. The van der Waals surface area contributed by atoms with Gasteiger partial charge in [-0.15, -0.1) is 0 Å². The molecule has 214 valence electrons. The summed E-state index contributed by atoms with van der Waals surface area (Å²) in [5.41, 5.74) is 10.5. The van der Waals surface area contributed by atoms with E-state index in [0.717, 1.165) is 56.3 Å². The molecule has 0 saturated heterocycles. The van der Waals surface area contributed by atoms with Gasteiger partial charge in [0.05, 0.1) is 22.8 Å². The Labute approximate surface area is 245 Å². The second-order valence-electron chi connectivity index (χ2n) is 10.6. The Bertz CT molecular complexity index is 989. The molecule has 0 aliphatic heterocycles. The molecule has 0 saturated carbocycles. The van der Waals surface area contributed by atoms with Crippen molar-refractivity contribution in [2.45, 2.75) is 138 Å². The first-order valence-corrected chi connectivity index (χ1v) is 15.5. The average Bonchev–Trinajstić information content (AvgIpc) is 2.89. The standard InChI is InChI=1S/C35H54N2.Ni/c1-7-13-15-21-35(37-33-25-23-29(17-10-4)31(27-33)19-12-6)34(20-14-8-2)36-32-24-22-28(16-9-3)30(26-32)18-11-5;/h22-27H,7-21H2,1-6H3;/b36-34+,37-35+;. The van der Waals surface area contributed by atoms with Crippen LogP contribution in [0.2, 0.25) is 0 Å². The summed E-state index contributed by atoms with van der Waals surface area (Å²) in [6.07, 6.45) is 17.2. The third kappa shape index (κ3) is 11.6. The van der Waals surface area contributed by atoms with Gasteiger partial charge in [-0.3, -0.25) is 9.98 Å². The fraction of sp³-hybridized carbons (Fsp3) is 0.600. The Kier molecular flexibility index (Phi) is 18.2. The molecule has 2 nitrogen and oxygen atoms in total. The quantitative estimate of drug-likeness (QED) is 0.0983. The van der Waals surface area contributed by atoms with Gasteiger partial charge < -0.3 is 0 Å². The smallest absolute Gasteiger partial charge is 0.0636 e. The first-order chi connectivity index (χ1) is 18.1. The third-order valence-corrected chi connectivity index (χ3v) is 7.10.